The largest absolute Gasteiger partial charge is 0.494 e. The van der Waals surface area contributed by atoms with E-state index in [0.717, 1.165) is 50.3 Å². The Kier molecular flexibility index (Phi) is 8.68. The molecule has 0 fully saturated rings. The van der Waals surface area contributed by atoms with Gasteiger partial charge in [-0.3, -0.25) is 4.90 Å². The van der Waals surface area contributed by atoms with Gasteiger partial charge in [0.15, 0.2) is 5.13 Å². The first-order chi connectivity index (χ1) is 16.7. The Bertz CT molecular complexity index is 1110. The molecule has 1 aromatic heterocycles. The van der Waals surface area contributed by atoms with Gasteiger partial charge in [0.2, 0.25) is 0 Å². The van der Waals surface area contributed by atoms with E-state index in [1.165, 1.54) is 21.2 Å². The van der Waals surface area contributed by atoms with Gasteiger partial charge in [0.05, 0.1) is 12.3 Å². The van der Waals surface area contributed by atoms with Crippen molar-refractivity contribution in [1.82, 2.24) is 9.88 Å². The number of benzene rings is 2. The van der Waals surface area contributed by atoms with Crippen molar-refractivity contribution >= 4 is 39.6 Å². The van der Waals surface area contributed by atoms with E-state index in [0.29, 0.717) is 11.7 Å². The highest BCUT2D eigenvalue weighted by atomic mass is 32.2. The van der Waals surface area contributed by atoms with Gasteiger partial charge < -0.3 is 15.4 Å². The summed E-state index contributed by atoms with van der Waals surface area (Å²) in [6.45, 7) is 9.62. The maximum absolute atomic E-state index is 6.05. The van der Waals surface area contributed by atoms with Crippen molar-refractivity contribution in [2.24, 2.45) is 0 Å². The third-order valence-electron chi connectivity index (χ3n) is 5.70. The van der Waals surface area contributed by atoms with E-state index >= 15 is 0 Å². The highest BCUT2D eigenvalue weighted by Crippen LogP contribution is 2.44. The van der Waals surface area contributed by atoms with Crippen LogP contribution in [-0.4, -0.2) is 29.6 Å². The Morgan fingerprint density at radius 1 is 1.18 bits per heavy atom. The van der Waals surface area contributed by atoms with Gasteiger partial charge in [-0.2, -0.15) is 0 Å². The van der Waals surface area contributed by atoms with E-state index in [-0.39, 0.29) is 0 Å². The summed E-state index contributed by atoms with van der Waals surface area (Å²) >= 11 is 3.35. The number of para-hydroxylation sites is 1. The summed E-state index contributed by atoms with van der Waals surface area (Å²) in [6, 6.07) is 17.0. The molecule has 2 aromatic carbocycles. The van der Waals surface area contributed by atoms with Gasteiger partial charge in [-0.15, -0.1) is 17.9 Å². The highest BCUT2D eigenvalue weighted by Gasteiger charge is 2.21. The topological polar surface area (TPSA) is 54.6 Å². The summed E-state index contributed by atoms with van der Waals surface area (Å²) in [4.78, 5) is 11.4. The van der Waals surface area contributed by atoms with Crippen LogP contribution in [0.25, 0.3) is 0 Å². The molecule has 3 aromatic rings. The molecular formula is C27H32N4OS2. The van der Waals surface area contributed by atoms with Crippen LogP contribution in [0.1, 0.15) is 31.1 Å². The molecule has 0 spiro atoms. The third-order valence-corrected chi connectivity index (χ3v) is 7.50. The van der Waals surface area contributed by atoms with E-state index < -0.39 is 0 Å². The molecule has 0 radical (unpaired) electrons. The van der Waals surface area contributed by atoms with Crippen LogP contribution in [0, 0.1) is 0 Å². The molecule has 7 heteroatoms. The fraction of sp³-hybridized carbons (Fsp3) is 0.296. The molecule has 0 unspecified atom stereocenters. The first kappa shape index (κ1) is 24.4. The Labute approximate surface area is 210 Å². The number of rotatable bonds is 12. The predicted octanol–water partition coefficient (Wildman–Crippen LogP) is 7.07. The van der Waals surface area contributed by atoms with Crippen molar-refractivity contribution in [2.45, 2.75) is 37.6 Å². The number of anilines is 3. The number of nitrogen functional groups attached to an aromatic ring is 1. The minimum absolute atomic E-state index is 0.632. The van der Waals surface area contributed by atoms with Crippen molar-refractivity contribution in [3.05, 3.63) is 83.4 Å². The number of thioether (sulfide) groups is 1. The lowest BCUT2D eigenvalue weighted by Gasteiger charge is -2.32. The van der Waals surface area contributed by atoms with Gasteiger partial charge in [0.1, 0.15) is 5.75 Å². The summed E-state index contributed by atoms with van der Waals surface area (Å²) in [5.74, 6) is 0.901. The lowest BCUT2D eigenvalue weighted by atomic mass is 10.1. The number of nitrogens with two attached hydrogens (primary N) is 1. The van der Waals surface area contributed by atoms with Gasteiger partial charge in [-0.1, -0.05) is 36.9 Å². The van der Waals surface area contributed by atoms with Gasteiger partial charge in [-0.25, -0.2) is 4.98 Å². The second kappa shape index (κ2) is 12.1. The molecule has 0 aliphatic carbocycles. The third kappa shape index (κ3) is 6.23. The summed E-state index contributed by atoms with van der Waals surface area (Å²) in [6.07, 6.45) is 6.74. The molecule has 178 valence electrons. The molecule has 5 nitrogen and oxygen atoms in total. The quantitative estimate of drug-likeness (QED) is 0.216. The summed E-state index contributed by atoms with van der Waals surface area (Å²) < 4.78 is 6.05. The SMILES string of the molecule is C=CCCC1=CSc2ccccc2N1c1ccc(OCCCN(CC)Cc2cnc(N)s2)cc1. The van der Waals surface area contributed by atoms with Gasteiger partial charge >= 0.3 is 0 Å². The second-order valence-corrected chi connectivity index (χ2v) is 10.1. The van der Waals surface area contributed by atoms with Crippen molar-refractivity contribution in [3.63, 3.8) is 0 Å². The van der Waals surface area contributed by atoms with Crippen LogP contribution in [-0.2, 0) is 6.54 Å². The molecule has 0 saturated heterocycles. The number of hydrogen-bond acceptors (Lipinski definition) is 7. The molecule has 0 bridgehead atoms. The zero-order chi connectivity index (χ0) is 23.8. The molecule has 34 heavy (non-hydrogen) atoms. The average molecular weight is 493 g/mol. The number of aromatic nitrogens is 1. The summed E-state index contributed by atoms with van der Waals surface area (Å²) in [7, 11) is 0. The normalized spacial score (nSPS) is 13.0. The maximum atomic E-state index is 6.05. The minimum Gasteiger partial charge on any atom is -0.494 e. The van der Waals surface area contributed by atoms with Crippen molar-refractivity contribution in [2.75, 3.05) is 30.3 Å². The van der Waals surface area contributed by atoms with E-state index in [4.69, 9.17) is 10.5 Å². The summed E-state index contributed by atoms with van der Waals surface area (Å²) in [5.41, 5.74) is 9.42. The van der Waals surface area contributed by atoms with Crippen molar-refractivity contribution in [3.8, 4) is 5.75 Å². The number of thiazole rings is 1. The zero-order valence-electron chi connectivity index (χ0n) is 19.7. The molecule has 0 saturated carbocycles. The lowest BCUT2D eigenvalue weighted by Crippen LogP contribution is -2.24. The molecule has 4 rings (SSSR count). The first-order valence-corrected chi connectivity index (χ1v) is 13.4. The Morgan fingerprint density at radius 2 is 2.00 bits per heavy atom. The number of fused-ring (bicyclic) bond motifs is 1. The van der Waals surface area contributed by atoms with E-state index in [2.05, 4.69) is 82.2 Å². The van der Waals surface area contributed by atoms with E-state index in [1.807, 2.05) is 12.3 Å². The average Bonchev–Trinajstić information content (AvgIpc) is 3.29. The van der Waals surface area contributed by atoms with E-state index in [1.54, 1.807) is 23.1 Å². The van der Waals surface area contributed by atoms with Crippen LogP contribution >= 0.6 is 23.1 Å². The second-order valence-electron chi connectivity index (χ2n) is 8.09. The van der Waals surface area contributed by atoms with Crippen LogP contribution in [0.3, 0.4) is 0 Å². The lowest BCUT2D eigenvalue weighted by molar-refractivity contribution is 0.237. The number of hydrogen-bond donors (Lipinski definition) is 1. The smallest absolute Gasteiger partial charge is 0.180 e. The van der Waals surface area contributed by atoms with Crippen LogP contribution in [0.15, 0.2) is 83.4 Å². The Hall–Kier alpha value is -2.74. The highest BCUT2D eigenvalue weighted by molar-refractivity contribution is 8.02. The van der Waals surface area contributed by atoms with Gasteiger partial charge in [0.25, 0.3) is 0 Å². The number of nitrogens with zero attached hydrogens (tertiary/aromatic N) is 3. The standard InChI is InChI=1S/C27H32N4OS2/c1-3-5-9-22-20-33-26-11-7-6-10-25(26)31(22)21-12-14-23(15-13-21)32-17-8-16-30(4-2)19-24-18-29-27(28)34-24/h3,6-7,10-15,18,20H,1,4-5,8-9,16-17,19H2,2H3,(H2,28,29). The fourth-order valence-electron chi connectivity index (χ4n) is 3.94. The molecule has 2 heterocycles. The molecule has 1 aliphatic rings. The zero-order valence-corrected chi connectivity index (χ0v) is 21.3. The Morgan fingerprint density at radius 3 is 2.74 bits per heavy atom. The first-order valence-electron chi connectivity index (χ1n) is 11.7. The van der Waals surface area contributed by atoms with Crippen molar-refractivity contribution in [1.29, 1.82) is 0 Å². The van der Waals surface area contributed by atoms with Gasteiger partial charge in [-0.05, 0) is 67.6 Å². The van der Waals surface area contributed by atoms with Crippen LogP contribution < -0.4 is 15.4 Å². The maximum Gasteiger partial charge on any atom is 0.180 e. The summed E-state index contributed by atoms with van der Waals surface area (Å²) in [5, 5.41) is 2.89. The van der Waals surface area contributed by atoms with Crippen LogP contribution in [0.5, 0.6) is 5.75 Å². The molecular weight excluding hydrogens is 460 g/mol. The van der Waals surface area contributed by atoms with Crippen molar-refractivity contribution < 1.29 is 4.74 Å². The van der Waals surface area contributed by atoms with Crippen LogP contribution in [0.2, 0.25) is 0 Å². The molecule has 0 atom stereocenters. The molecule has 1 aliphatic heterocycles. The predicted molar refractivity (Wildman–Crippen MR) is 146 cm³/mol. The van der Waals surface area contributed by atoms with E-state index in [9.17, 15) is 0 Å². The molecule has 2 N–H and O–H groups in total. The van der Waals surface area contributed by atoms with Gasteiger partial charge in [0, 0.05) is 40.4 Å². The monoisotopic (exact) mass is 492 g/mol. The number of ether oxygens (including phenoxy) is 1. The number of allylic oxidation sites excluding steroid dienone is 2. The Balaban J connectivity index is 1.34. The fourth-order valence-corrected chi connectivity index (χ4v) is 5.59. The molecule has 0 amide bonds. The minimum atomic E-state index is 0.632. The van der Waals surface area contributed by atoms with Crippen LogP contribution in [0.4, 0.5) is 16.5 Å².